The fraction of sp³-hybridized carbons (Fsp3) is 0.500. The highest BCUT2D eigenvalue weighted by atomic mass is 16.5. The molecule has 0 radical (unpaired) electrons. The third-order valence-electron chi connectivity index (χ3n) is 3.64. The Morgan fingerprint density at radius 1 is 1.48 bits per heavy atom. The fourth-order valence-electron chi connectivity index (χ4n) is 2.61. The number of hydrogen-bond acceptors (Lipinski definition) is 4. The highest BCUT2D eigenvalue weighted by Gasteiger charge is 2.18. The molecule has 5 nitrogen and oxygen atoms in total. The summed E-state index contributed by atoms with van der Waals surface area (Å²) in [6.07, 6.45) is 3.59. The number of hydrogen-bond donors (Lipinski definition) is 2. The van der Waals surface area contributed by atoms with E-state index in [1.54, 1.807) is 6.07 Å². The maximum Gasteiger partial charge on any atom is 0.258 e. The van der Waals surface area contributed by atoms with E-state index in [0.29, 0.717) is 11.5 Å². The van der Waals surface area contributed by atoms with Crippen LogP contribution < -0.4 is 10.1 Å². The zero-order valence-electron chi connectivity index (χ0n) is 12.6. The van der Waals surface area contributed by atoms with Gasteiger partial charge in [0.25, 0.3) is 5.91 Å². The van der Waals surface area contributed by atoms with Crippen molar-refractivity contribution in [2.75, 3.05) is 6.61 Å². The summed E-state index contributed by atoms with van der Waals surface area (Å²) < 4.78 is 5.53. The van der Waals surface area contributed by atoms with Gasteiger partial charge in [0.05, 0.1) is 5.71 Å². The first-order valence-electron chi connectivity index (χ1n) is 7.40. The molecule has 2 rings (SSSR count). The Bertz CT molecular complexity index is 540. The molecule has 0 bridgehead atoms. The van der Waals surface area contributed by atoms with Crippen LogP contribution in [0, 0.1) is 0 Å². The number of fused-ring (bicyclic) bond motifs is 1. The molecular weight excluding hydrogens is 268 g/mol. The number of amides is 1. The van der Waals surface area contributed by atoms with Gasteiger partial charge >= 0.3 is 0 Å². The second-order valence-corrected chi connectivity index (χ2v) is 5.41. The molecule has 21 heavy (non-hydrogen) atoms. The molecule has 1 aromatic carbocycles. The molecule has 0 saturated heterocycles. The lowest BCUT2D eigenvalue weighted by molar-refractivity contribution is -0.123. The van der Waals surface area contributed by atoms with Crippen molar-refractivity contribution in [1.29, 1.82) is 0 Å². The zero-order chi connectivity index (χ0) is 15.2. The number of carbonyl (C=O) groups excluding carboxylic acids is 1. The van der Waals surface area contributed by atoms with Gasteiger partial charge in [-0.05, 0) is 49.9 Å². The van der Waals surface area contributed by atoms with E-state index in [9.17, 15) is 4.79 Å². The summed E-state index contributed by atoms with van der Waals surface area (Å²) in [6, 6.07) is 5.77. The molecule has 0 aliphatic heterocycles. The molecule has 1 unspecified atom stereocenters. The van der Waals surface area contributed by atoms with Gasteiger partial charge in [0.15, 0.2) is 6.61 Å². The molecule has 0 aromatic heterocycles. The molecule has 5 heteroatoms. The molecule has 0 spiro atoms. The third-order valence-corrected chi connectivity index (χ3v) is 3.64. The van der Waals surface area contributed by atoms with Gasteiger partial charge in [0, 0.05) is 11.6 Å². The van der Waals surface area contributed by atoms with Gasteiger partial charge in [-0.1, -0.05) is 18.5 Å². The number of rotatable bonds is 6. The quantitative estimate of drug-likeness (QED) is 0.624. The number of nitrogens with zero attached hydrogens (tertiary/aromatic N) is 1. The van der Waals surface area contributed by atoms with Gasteiger partial charge < -0.3 is 15.3 Å². The summed E-state index contributed by atoms with van der Waals surface area (Å²) in [5.41, 5.74) is 2.77. The monoisotopic (exact) mass is 290 g/mol. The molecule has 0 heterocycles. The van der Waals surface area contributed by atoms with Gasteiger partial charge in [0.1, 0.15) is 5.75 Å². The Morgan fingerprint density at radius 3 is 3.00 bits per heavy atom. The van der Waals surface area contributed by atoms with Crippen molar-refractivity contribution in [3.8, 4) is 5.75 Å². The third kappa shape index (κ3) is 3.97. The number of carbonyl (C=O) groups is 1. The Kier molecular flexibility index (Phi) is 5.20. The minimum Gasteiger partial charge on any atom is -0.484 e. The minimum atomic E-state index is -0.103. The molecule has 1 aromatic rings. The number of aryl methyl sites for hydroxylation is 1. The second kappa shape index (κ2) is 7.11. The Hall–Kier alpha value is -2.04. The van der Waals surface area contributed by atoms with Crippen LogP contribution in [-0.4, -0.2) is 29.5 Å². The standard InChI is InChI=1S/C16H22N2O3/c1-3-4-11(2)17-16(19)10-21-13-6-7-14-12(9-13)5-8-15(14)18-20/h6-7,9,11,20H,3-5,8,10H2,1-2H3,(H,17,19)/b18-15+. The summed E-state index contributed by atoms with van der Waals surface area (Å²) in [4.78, 5) is 11.7. The molecule has 0 fully saturated rings. The van der Waals surface area contributed by atoms with Crippen LogP contribution >= 0.6 is 0 Å². The Balaban J connectivity index is 1.89. The summed E-state index contributed by atoms with van der Waals surface area (Å²) in [5, 5.41) is 15.1. The average Bonchev–Trinajstić information content (AvgIpc) is 2.87. The predicted octanol–water partition coefficient (Wildman–Crippen LogP) is 2.49. The van der Waals surface area contributed by atoms with Crippen LogP contribution in [-0.2, 0) is 11.2 Å². The molecule has 1 aliphatic rings. The predicted molar refractivity (Wildman–Crippen MR) is 81.1 cm³/mol. The van der Waals surface area contributed by atoms with Crippen LogP contribution in [0.2, 0.25) is 0 Å². The van der Waals surface area contributed by atoms with E-state index < -0.39 is 0 Å². The molecular formula is C16H22N2O3. The first kappa shape index (κ1) is 15.4. The van der Waals surface area contributed by atoms with Gasteiger partial charge in [-0.3, -0.25) is 4.79 Å². The lowest BCUT2D eigenvalue weighted by Gasteiger charge is -2.13. The first-order chi connectivity index (χ1) is 10.1. The Labute approximate surface area is 125 Å². The SMILES string of the molecule is CCCC(C)NC(=O)COc1ccc2c(c1)CC/C2=N\O. The van der Waals surface area contributed by atoms with E-state index in [0.717, 1.165) is 36.8 Å². The van der Waals surface area contributed by atoms with E-state index in [1.807, 2.05) is 19.1 Å². The first-order valence-corrected chi connectivity index (χ1v) is 7.40. The summed E-state index contributed by atoms with van der Waals surface area (Å²) in [7, 11) is 0. The number of nitrogens with one attached hydrogen (secondary N) is 1. The zero-order valence-corrected chi connectivity index (χ0v) is 12.6. The summed E-state index contributed by atoms with van der Waals surface area (Å²) in [5.74, 6) is 0.570. The van der Waals surface area contributed by atoms with Crippen molar-refractivity contribution in [3.05, 3.63) is 29.3 Å². The normalized spacial score (nSPS) is 16.6. The summed E-state index contributed by atoms with van der Waals surface area (Å²) in [6.45, 7) is 4.11. The average molecular weight is 290 g/mol. The van der Waals surface area contributed by atoms with Crippen LogP contribution in [0.25, 0.3) is 0 Å². The van der Waals surface area contributed by atoms with E-state index >= 15 is 0 Å². The van der Waals surface area contributed by atoms with Crippen molar-refractivity contribution < 1.29 is 14.7 Å². The van der Waals surface area contributed by atoms with E-state index in [-0.39, 0.29) is 18.6 Å². The maximum absolute atomic E-state index is 11.7. The lowest BCUT2D eigenvalue weighted by Crippen LogP contribution is -2.35. The van der Waals surface area contributed by atoms with Crippen molar-refractivity contribution in [1.82, 2.24) is 5.32 Å². The number of benzene rings is 1. The Morgan fingerprint density at radius 2 is 2.29 bits per heavy atom. The minimum absolute atomic E-state index is 0.0216. The van der Waals surface area contributed by atoms with E-state index in [4.69, 9.17) is 9.94 Å². The van der Waals surface area contributed by atoms with Crippen LogP contribution in [0.3, 0.4) is 0 Å². The number of oxime groups is 1. The van der Waals surface area contributed by atoms with Crippen LogP contribution in [0.1, 0.15) is 44.2 Å². The smallest absolute Gasteiger partial charge is 0.258 e. The molecule has 1 atom stereocenters. The molecule has 2 N–H and O–H groups in total. The highest BCUT2D eigenvalue weighted by Crippen LogP contribution is 2.26. The van der Waals surface area contributed by atoms with Crippen LogP contribution in [0.5, 0.6) is 5.75 Å². The van der Waals surface area contributed by atoms with Crippen molar-refractivity contribution >= 4 is 11.6 Å². The van der Waals surface area contributed by atoms with E-state index in [1.165, 1.54) is 0 Å². The van der Waals surface area contributed by atoms with Gasteiger partial charge in [-0.25, -0.2) is 0 Å². The lowest BCUT2D eigenvalue weighted by atomic mass is 10.1. The fourth-order valence-corrected chi connectivity index (χ4v) is 2.61. The van der Waals surface area contributed by atoms with Gasteiger partial charge in [-0.15, -0.1) is 0 Å². The summed E-state index contributed by atoms with van der Waals surface area (Å²) >= 11 is 0. The molecule has 1 amide bonds. The van der Waals surface area contributed by atoms with E-state index in [2.05, 4.69) is 17.4 Å². The van der Waals surface area contributed by atoms with Crippen LogP contribution in [0.15, 0.2) is 23.4 Å². The second-order valence-electron chi connectivity index (χ2n) is 5.41. The van der Waals surface area contributed by atoms with Crippen molar-refractivity contribution in [2.24, 2.45) is 5.16 Å². The van der Waals surface area contributed by atoms with Gasteiger partial charge in [-0.2, -0.15) is 0 Å². The van der Waals surface area contributed by atoms with Gasteiger partial charge in [0.2, 0.25) is 0 Å². The topological polar surface area (TPSA) is 70.9 Å². The van der Waals surface area contributed by atoms with Crippen molar-refractivity contribution in [2.45, 2.75) is 45.6 Å². The molecule has 114 valence electrons. The number of ether oxygens (including phenoxy) is 1. The largest absolute Gasteiger partial charge is 0.484 e. The molecule has 1 aliphatic carbocycles. The maximum atomic E-state index is 11.7. The van der Waals surface area contributed by atoms with Crippen molar-refractivity contribution in [3.63, 3.8) is 0 Å². The van der Waals surface area contributed by atoms with Crippen LogP contribution in [0.4, 0.5) is 0 Å². The molecule has 0 saturated carbocycles. The highest BCUT2D eigenvalue weighted by molar-refractivity contribution is 6.04.